The Labute approximate surface area is 204 Å². The number of nitrogens with zero attached hydrogens (tertiary/aromatic N) is 1. The summed E-state index contributed by atoms with van der Waals surface area (Å²) in [5, 5.41) is 7.42. The molecule has 4 aliphatic rings. The molecule has 1 heterocycles. The molecule has 4 bridgehead atoms. The number of halogens is 1. The summed E-state index contributed by atoms with van der Waals surface area (Å²) in [5.41, 5.74) is 2.62. The third-order valence-corrected chi connectivity index (χ3v) is 8.63. The summed E-state index contributed by atoms with van der Waals surface area (Å²) in [6.07, 6.45) is 8.11. The first-order chi connectivity index (χ1) is 16.4. The van der Waals surface area contributed by atoms with Gasteiger partial charge in [0.15, 0.2) is 5.43 Å². The summed E-state index contributed by atoms with van der Waals surface area (Å²) < 4.78 is 1.97. The molecule has 0 radical (unpaired) electrons. The van der Waals surface area contributed by atoms with Gasteiger partial charge in [0.05, 0.1) is 5.52 Å². The lowest BCUT2D eigenvalue weighted by atomic mass is 9.48. The lowest BCUT2D eigenvalue weighted by molar-refractivity contribution is -0.0631. The van der Waals surface area contributed by atoms with Crippen LogP contribution in [-0.2, 0) is 6.54 Å². The molecule has 2 amide bonds. The number of benzene rings is 2. The maximum Gasteiger partial charge on any atom is 0.315 e. The second-order valence-electron chi connectivity index (χ2n) is 11.0. The van der Waals surface area contributed by atoms with E-state index in [0.717, 1.165) is 17.1 Å². The van der Waals surface area contributed by atoms with Crippen LogP contribution in [0.2, 0.25) is 5.02 Å². The van der Waals surface area contributed by atoms with Crippen molar-refractivity contribution in [1.29, 1.82) is 0 Å². The van der Waals surface area contributed by atoms with E-state index in [0.29, 0.717) is 33.2 Å². The van der Waals surface area contributed by atoms with Crippen LogP contribution in [0.3, 0.4) is 0 Å². The smallest absolute Gasteiger partial charge is 0.315 e. The van der Waals surface area contributed by atoms with Gasteiger partial charge >= 0.3 is 6.03 Å². The van der Waals surface area contributed by atoms with Crippen LogP contribution in [0, 0.1) is 23.2 Å². The fourth-order valence-electron chi connectivity index (χ4n) is 7.33. The first-order valence-electron chi connectivity index (χ1n) is 12.3. The SMILES string of the molecule is CC12C[C@@H]3C[C@H](C1)C(NC(=O)NCc1cn(-c4ccccc4)c4cc(Cl)ccc4c1=O)[C@@H](C3)C2. The van der Waals surface area contributed by atoms with Crippen molar-refractivity contribution in [2.45, 2.75) is 51.6 Å². The fraction of sp³-hybridized carbons (Fsp3) is 0.429. The maximum atomic E-state index is 13.2. The van der Waals surface area contributed by atoms with Crippen LogP contribution < -0.4 is 16.1 Å². The minimum atomic E-state index is -0.176. The highest BCUT2D eigenvalue weighted by Crippen LogP contribution is 2.59. The van der Waals surface area contributed by atoms with Crippen LogP contribution in [0.15, 0.2) is 59.5 Å². The third-order valence-electron chi connectivity index (χ3n) is 8.39. The first kappa shape index (κ1) is 21.7. The van der Waals surface area contributed by atoms with Crippen LogP contribution in [-0.4, -0.2) is 16.6 Å². The Bertz CT molecular complexity index is 1300. The highest BCUT2D eigenvalue weighted by Gasteiger charge is 2.53. The van der Waals surface area contributed by atoms with Gasteiger partial charge in [-0.1, -0.05) is 36.7 Å². The van der Waals surface area contributed by atoms with Gasteiger partial charge in [-0.15, -0.1) is 0 Å². The highest BCUT2D eigenvalue weighted by atomic mass is 35.5. The van der Waals surface area contributed by atoms with Crippen molar-refractivity contribution in [3.8, 4) is 5.69 Å². The standard InChI is InChI=1S/C28H30ClN3O2/c1-28-12-17-9-18(13-28)25(19(10-17)14-28)31-27(34)30-15-20-16-32(22-5-3-2-4-6-22)24-11-21(29)7-8-23(24)26(20)33/h2-8,11,16-19,25H,9-10,12-15H2,1H3,(H2,30,31,34)/t17-,18-,19+,25?,28?. The van der Waals surface area contributed by atoms with Gasteiger partial charge in [0.1, 0.15) is 0 Å². The number of urea groups is 1. The number of rotatable bonds is 4. The molecule has 2 aromatic carbocycles. The van der Waals surface area contributed by atoms with E-state index in [1.165, 1.54) is 32.1 Å². The molecular formula is C28H30ClN3O2. The average Bonchev–Trinajstić information content (AvgIpc) is 2.80. The zero-order valence-electron chi connectivity index (χ0n) is 19.4. The van der Waals surface area contributed by atoms with Crippen LogP contribution in [0.4, 0.5) is 4.79 Å². The number of carbonyl (C=O) groups is 1. The molecule has 4 fully saturated rings. The lowest BCUT2D eigenvalue weighted by Gasteiger charge is -2.59. The number of fused-ring (bicyclic) bond motifs is 1. The topological polar surface area (TPSA) is 63.1 Å². The number of carbonyl (C=O) groups excluding carboxylic acids is 1. The Morgan fingerprint density at radius 3 is 2.53 bits per heavy atom. The van der Waals surface area contributed by atoms with Crippen molar-refractivity contribution in [2.24, 2.45) is 23.2 Å². The molecule has 2 unspecified atom stereocenters. The summed E-state index contributed by atoms with van der Waals surface area (Å²) in [4.78, 5) is 26.1. The molecule has 4 aliphatic carbocycles. The second kappa shape index (κ2) is 8.16. The zero-order chi connectivity index (χ0) is 23.4. The third kappa shape index (κ3) is 3.80. The lowest BCUT2D eigenvalue weighted by Crippen LogP contribution is -2.59. The predicted molar refractivity (Wildman–Crippen MR) is 135 cm³/mol. The van der Waals surface area contributed by atoms with E-state index in [-0.39, 0.29) is 24.0 Å². The van der Waals surface area contributed by atoms with Crippen LogP contribution in [0.5, 0.6) is 0 Å². The second-order valence-corrected chi connectivity index (χ2v) is 11.4. The monoisotopic (exact) mass is 475 g/mol. The molecular weight excluding hydrogens is 446 g/mol. The van der Waals surface area contributed by atoms with E-state index < -0.39 is 0 Å². The largest absolute Gasteiger partial charge is 0.335 e. The Kier molecular flexibility index (Phi) is 5.21. The molecule has 7 rings (SSSR count). The average molecular weight is 476 g/mol. The molecule has 0 aliphatic heterocycles. The summed E-state index contributed by atoms with van der Waals surface area (Å²) in [5.74, 6) is 2.01. The zero-order valence-corrected chi connectivity index (χ0v) is 20.1. The van der Waals surface area contributed by atoms with Gasteiger partial charge in [-0.3, -0.25) is 4.79 Å². The van der Waals surface area contributed by atoms with Crippen molar-refractivity contribution in [3.05, 3.63) is 75.5 Å². The van der Waals surface area contributed by atoms with Crippen LogP contribution >= 0.6 is 11.6 Å². The molecule has 1 aromatic heterocycles. The summed E-state index contributed by atoms with van der Waals surface area (Å²) in [6.45, 7) is 2.61. The van der Waals surface area contributed by atoms with E-state index in [9.17, 15) is 9.59 Å². The van der Waals surface area contributed by atoms with Gasteiger partial charge in [-0.2, -0.15) is 0 Å². The quantitative estimate of drug-likeness (QED) is 0.511. The van der Waals surface area contributed by atoms with E-state index in [1.807, 2.05) is 47.2 Å². The molecule has 0 saturated heterocycles. The van der Waals surface area contributed by atoms with Gasteiger partial charge in [-0.25, -0.2) is 4.79 Å². The summed E-state index contributed by atoms with van der Waals surface area (Å²) in [7, 11) is 0. The molecule has 176 valence electrons. The van der Waals surface area contributed by atoms with Crippen molar-refractivity contribution in [3.63, 3.8) is 0 Å². The van der Waals surface area contributed by atoms with Crippen LogP contribution in [0.1, 0.15) is 44.6 Å². The summed E-state index contributed by atoms with van der Waals surface area (Å²) in [6, 6.07) is 15.2. The normalized spacial score (nSPS) is 29.4. The maximum absolute atomic E-state index is 13.2. The predicted octanol–water partition coefficient (Wildman–Crippen LogP) is 5.66. The van der Waals surface area contributed by atoms with Gasteiger partial charge in [-0.05, 0) is 85.6 Å². The minimum absolute atomic E-state index is 0.0818. The Morgan fingerprint density at radius 1 is 1.09 bits per heavy atom. The summed E-state index contributed by atoms with van der Waals surface area (Å²) >= 11 is 6.25. The molecule has 5 nitrogen and oxygen atoms in total. The Balaban J connectivity index is 1.23. The molecule has 2 N–H and O–H groups in total. The van der Waals surface area contributed by atoms with Crippen molar-refractivity contribution in [1.82, 2.24) is 15.2 Å². The number of amides is 2. The molecule has 0 spiro atoms. The van der Waals surface area contributed by atoms with Crippen molar-refractivity contribution < 1.29 is 4.79 Å². The van der Waals surface area contributed by atoms with Gasteiger partial charge < -0.3 is 15.2 Å². The van der Waals surface area contributed by atoms with Gasteiger partial charge in [0.2, 0.25) is 0 Å². The number of hydrogen-bond acceptors (Lipinski definition) is 2. The fourth-order valence-corrected chi connectivity index (χ4v) is 7.49. The number of para-hydroxylation sites is 1. The van der Waals surface area contributed by atoms with Crippen LogP contribution in [0.25, 0.3) is 16.6 Å². The van der Waals surface area contributed by atoms with E-state index in [2.05, 4.69) is 17.6 Å². The Hall–Kier alpha value is -2.79. The number of hydrogen-bond donors (Lipinski definition) is 2. The first-order valence-corrected chi connectivity index (χ1v) is 12.7. The minimum Gasteiger partial charge on any atom is -0.335 e. The van der Waals surface area contributed by atoms with E-state index in [1.54, 1.807) is 12.1 Å². The molecule has 34 heavy (non-hydrogen) atoms. The highest BCUT2D eigenvalue weighted by molar-refractivity contribution is 6.31. The van der Waals surface area contributed by atoms with Crippen molar-refractivity contribution >= 4 is 28.5 Å². The Morgan fingerprint density at radius 2 is 1.82 bits per heavy atom. The molecule has 6 heteroatoms. The number of nitrogens with one attached hydrogen (secondary N) is 2. The van der Waals surface area contributed by atoms with Crippen molar-refractivity contribution in [2.75, 3.05) is 0 Å². The molecule has 3 aromatic rings. The van der Waals surface area contributed by atoms with E-state index >= 15 is 0 Å². The van der Waals surface area contributed by atoms with Gasteiger partial charge in [0, 0.05) is 40.4 Å². The molecule has 5 atom stereocenters. The van der Waals surface area contributed by atoms with E-state index in [4.69, 9.17) is 11.6 Å². The van der Waals surface area contributed by atoms with Gasteiger partial charge in [0.25, 0.3) is 0 Å². The number of aromatic nitrogens is 1. The molecule has 4 saturated carbocycles. The number of pyridine rings is 1.